The highest BCUT2D eigenvalue weighted by molar-refractivity contribution is 9.08. The Morgan fingerprint density at radius 2 is 2.23 bits per heavy atom. The summed E-state index contributed by atoms with van der Waals surface area (Å²) in [6, 6.07) is 0. The zero-order chi connectivity index (χ0) is 10.0. The first-order chi connectivity index (χ1) is 6.07. The van der Waals surface area contributed by atoms with Crippen LogP contribution in [0.4, 0.5) is 8.78 Å². The fraction of sp³-hybridized carbons (Fsp3) is 0.375. The van der Waals surface area contributed by atoms with E-state index in [2.05, 4.69) is 20.9 Å². The summed E-state index contributed by atoms with van der Waals surface area (Å²) in [7, 11) is 0. The van der Waals surface area contributed by atoms with Crippen LogP contribution in [-0.4, -0.2) is 4.98 Å². The molecular formula is C8H7BrClF2N. The van der Waals surface area contributed by atoms with Gasteiger partial charge in [0, 0.05) is 22.7 Å². The van der Waals surface area contributed by atoms with Crippen molar-refractivity contribution in [3.05, 3.63) is 28.0 Å². The summed E-state index contributed by atoms with van der Waals surface area (Å²) in [6.45, 7) is 1.59. The monoisotopic (exact) mass is 269 g/mol. The molecule has 0 aliphatic rings. The van der Waals surface area contributed by atoms with Crippen molar-refractivity contribution in [2.75, 3.05) is 0 Å². The van der Waals surface area contributed by atoms with Crippen LogP contribution in [0.1, 0.15) is 23.1 Å². The molecule has 1 nitrogen and oxygen atoms in total. The minimum absolute atomic E-state index is 0.0168. The average molecular weight is 271 g/mol. The van der Waals surface area contributed by atoms with Gasteiger partial charge < -0.3 is 0 Å². The molecule has 5 heteroatoms. The smallest absolute Gasteiger partial charge is 0.244 e. The van der Waals surface area contributed by atoms with Gasteiger partial charge >= 0.3 is 0 Å². The van der Waals surface area contributed by atoms with Crippen molar-refractivity contribution in [3.8, 4) is 0 Å². The largest absolute Gasteiger partial charge is 0.264 e. The van der Waals surface area contributed by atoms with Crippen molar-refractivity contribution < 1.29 is 8.78 Å². The molecule has 0 fully saturated rings. The molecule has 0 bridgehead atoms. The maximum absolute atomic E-state index is 12.5. The molecule has 1 rings (SSSR count). The van der Waals surface area contributed by atoms with Gasteiger partial charge in [0.2, 0.25) is 0 Å². The van der Waals surface area contributed by atoms with E-state index < -0.39 is 6.43 Å². The standard InChI is InChI=1S/C8H7BrClF2N/c1-4-3-13-7(10)5(2-9)6(4)8(11)12/h3,8H,2H2,1H3. The number of halogens is 4. The molecule has 0 radical (unpaired) electrons. The fourth-order valence-corrected chi connectivity index (χ4v) is 2.03. The number of pyridine rings is 1. The maximum Gasteiger partial charge on any atom is 0.264 e. The van der Waals surface area contributed by atoms with Gasteiger partial charge in [-0.05, 0) is 12.5 Å². The first kappa shape index (κ1) is 10.9. The number of alkyl halides is 3. The molecule has 1 aromatic heterocycles. The van der Waals surface area contributed by atoms with Crippen LogP contribution in [0.3, 0.4) is 0 Å². The summed E-state index contributed by atoms with van der Waals surface area (Å²) in [4.78, 5) is 3.79. The lowest BCUT2D eigenvalue weighted by Gasteiger charge is -2.10. The van der Waals surface area contributed by atoms with Gasteiger partial charge in [0.1, 0.15) is 5.15 Å². The first-order valence-corrected chi connectivity index (χ1v) is 5.05. The third-order valence-corrected chi connectivity index (χ3v) is 2.61. The molecule has 72 valence electrons. The van der Waals surface area contributed by atoms with E-state index >= 15 is 0 Å². The fourth-order valence-electron chi connectivity index (χ4n) is 1.08. The van der Waals surface area contributed by atoms with Crippen molar-refractivity contribution in [1.82, 2.24) is 4.98 Å². The lowest BCUT2D eigenvalue weighted by atomic mass is 10.1. The van der Waals surface area contributed by atoms with Crippen LogP contribution in [0.5, 0.6) is 0 Å². The molecule has 1 aromatic rings. The molecule has 0 N–H and O–H groups in total. The van der Waals surface area contributed by atoms with E-state index in [1.54, 1.807) is 6.92 Å². The van der Waals surface area contributed by atoms with Gasteiger partial charge in [0.25, 0.3) is 6.43 Å². The van der Waals surface area contributed by atoms with Crippen LogP contribution in [0.25, 0.3) is 0 Å². The van der Waals surface area contributed by atoms with Crippen LogP contribution in [0.15, 0.2) is 6.20 Å². The lowest BCUT2D eigenvalue weighted by Crippen LogP contribution is -1.99. The van der Waals surface area contributed by atoms with E-state index in [0.29, 0.717) is 16.5 Å². The van der Waals surface area contributed by atoms with E-state index in [-0.39, 0.29) is 10.7 Å². The zero-order valence-electron chi connectivity index (χ0n) is 6.82. The molecule has 0 aliphatic heterocycles. The molecule has 0 unspecified atom stereocenters. The highest BCUT2D eigenvalue weighted by atomic mass is 79.9. The number of hydrogen-bond donors (Lipinski definition) is 0. The van der Waals surface area contributed by atoms with Crippen LogP contribution < -0.4 is 0 Å². The van der Waals surface area contributed by atoms with Crippen molar-refractivity contribution in [2.45, 2.75) is 18.7 Å². The Bertz CT molecular complexity index is 317. The number of aryl methyl sites for hydroxylation is 1. The first-order valence-electron chi connectivity index (χ1n) is 3.56. The third kappa shape index (κ3) is 2.17. The topological polar surface area (TPSA) is 12.9 Å². The predicted octanol–water partition coefficient (Wildman–Crippen LogP) is 3.88. The molecule has 0 atom stereocenters. The minimum atomic E-state index is -2.51. The van der Waals surface area contributed by atoms with E-state index in [9.17, 15) is 8.78 Å². The Kier molecular flexibility index (Phi) is 3.62. The van der Waals surface area contributed by atoms with Gasteiger partial charge in [0.15, 0.2) is 0 Å². The van der Waals surface area contributed by atoms with E-state index in [1.165, 1.54) is 6.20 Å². The highest BCUT2D eigenvalue weighted by Gasteiger charge is 2.18. The molecule has 0 spiro atoms. The molecule has 0 aliphatic carbocycles. The molecule has 0 saturated carbocycles. The van der Waals surface area contributed by atoms with Crippen molar-refractivity contribution in [2.24, 2.45) is 0 Å². The second-order valence-electron chi connectivity index (χ2n) is 2.56. The summed E-state index contributed by atoms with van der Waals surface area (Å²) >= 11 is 8.77. The average Bonchev–Trinajstić information content (AvgIpc) is 2.07. The summed E-state index contributed by atoms with van der Waals surface area (Å²) in [6.07, 6.45) is -1.15. The van der Waals surface area contributed by atoms with Crippen LogP contribution in [0.2, 0.25) is 5.15 Å². The highest BCUT2D eigenvalue weighted by Crippen LogP contribution is 2.31. The van der Waals surface area contributed by atoms with Gasteiger partial charge in [-0.1, -0.05) is 27.5 Å². The Labute approximate surface area is 88.2 Å². The summed E-state index contributed by atoms with van der Waals surface area (Å²) in [5.41, 5.74) is 0.822. The lowest BCUT2D eigenvalue weighted by molar-refractivity contribution is 0.149. The van der Waals surface area contributed by atoms with Crippen molar-refractivity contribution >= 4 is 27.5 Å². The zero-order valence-corrected chi connectivity index (χ0v) is 9.16. The molecule has 0 saturated heterocycles. The molecular weight excluding hydrogens is 263 g/mol. The van der Waals surface area contributed by atoms with Crippen LogP contribution in [0, 0.1) is 6.92 Å². The molecule has 1 heterocycles. The van der Waals surface area contributed by atoms with E-state index in [4.69, 9.17) is 11.6 Å². The second-order valence-corrected chi connectivity index (χ2v) is 3.48. The van der Waals surface area contributed by atoms with Crippen LogP contribution in [-0.2, 0) is 5.33 Å². The van der Waals surface area contributed by atoms with Crippen molar-refractivity contribution in [1.29, 1.82) is 0 Å². The minimum Gasteiger partial charge on any atom is -0.244 e. The summed E-state index contributed by atoms with van der Waals surface area (Å²) < 4.78 is 25.1. The number of aromatic nitrogens is 1. The van der Waals surface area contributed by atoms with Crippen LogP contribution >= 0.6 is 27.5 Å². The summed E-state index contributed by atoms with van der Waals surface area (Å²) in [5, 5.41) is 0.429. The Morgan fingerprint density at radius 3 is 2.62 bits per heavy atom. The van der Waals surface area contributed by atoms with E-state index in [1.807, 2.05) is 0 Å². The summed E-state index contributed by atoms with van der Waals surface area (Å²) in [5.74, 6) is 0. The third-order valence-electron chi connectivity index (χ3n) is 1.72. The van der Waals surface area contributed by atoms with Gasteiger partial charge in [-0.25, -0.2) is 13.8 Å². The molecule has 13 heavy (non-hydrogen) atoms. The normalized spacial score (nSPS) is 10.9. The van der Waals surface area contributed by atoms with Gasteiger partial charge in [-0.3, -0.25) is 0 Å². The molecule has 0 amide bonds. The van der Waals surface area contributed by atoms with Gasteiger partial charge in [-0.15, -0.1) is 0 Å². The molecule has 0 aromatic carbocycles. The quantitative estimate of drug-likeness (QED) is 0.587. The predicted molar refractivity (Wildman–Crippen MR) is 51.6 cm³/mol. The Balaban J connectivity index is 3.35. The maximum atomic E-state index is 12.5. The SMILES string of the molecule is Cc1cnc(Cl)c(CBr)c1C(F)F. The number of nitrogens with zero attached hydrogens (tertiary/aromatic N) is 1. The Morgan fingerprint density at radius 1 is 1.62 bits per heavy atom. The second kappa shape index (κ2) is 4.33. The Hall–Kier alpha value is -0.220. The number of hydrogen-bond acceptors (Lipinski definition) is 1. The van der Waals surface area contributed by atoms with Crippen molar-refractivity contribution in [3.63, 3.8) is 0 Å². The van der Waals surface area contributed by atoms with Gasteiger partial charge in [-0.2, -0.15) is 0 Å². The van der Waals surface area contributed by atoms with Gasteiger partial charge in [0.05, 0.1) is 0 Å². The number of rotatable bonds is 2. The van der Waals surface area contributed by atoms with E-state index in [0.717, 1.165) is 0 Å².